The Morgan fingerprint density at radius 3 is 2.32 bits per heavy atom. The Kier molecular flexibility index (Phi) is 12.5. The number of hydrogen-bond acceptors (Lipinski definition) is 10. The number of carbonyl (C=O) groups is 5. The zero-order valence-corrected chi connectivity index (χ0v) is 26.1. The molecule has 2 aliphatic heterocycles. The Bertz CT molecular complexity index is 1430. The largest absolute Gasteiger partial charge is 0.508 e. The maximum absolute atomic E-state index is 13.4. The van der Waals surface area contributed by atoms with E-state index in [9.17, 15) is 29.1 Å². The lowest BCUT2D eigenvalue weighted by Crippen LogP contribution is -2.58. The quantitative estimate of drug-likeness (QED) is 0.166. The summed E-state index contributed by atoms with van der Waals surface area (Å²) in [5.74, 6) is -2.92. The Hall–Kier alpha value is -5.18. The van der Waals surface area contributed by atoms with Crippen LogP contribution in [-0.2, 0) is 36.8 Å². The molecule has 0 aliphatic carbocycles. The molecule has 0 aromatic heterocycles. The number of hydrogen-bond donors (Lipinski definition) is 8. The van der Waals surface area contributed by atoms with E-state index in [1.54, 1.807) is 36.4 Å². The summed E-state index contributed by atoms with van der Waals surface area (Å²) in [6.45, 7) is 0.516. The number of nitrogens with two attached hydrogens (primary N) is 2. The van der Waals surface area contributed by atoms with Crippen molar-refractivity contribution >= 4 is 35.5 Å². The van der Waals surface area contributed by atoms with Crippen molar-refractivity contribution in [3.63, 3.8) is 0 Å². The van der Waals surface area contributed by atoms with Gasteiger partial charge in [0.2, 0.25) is 29.5 Å². The number of rotatable bonds is 7. The second-order valence-corrected chi connectivity index (χ2v) is 11.6. The van der Waals surface area contributed by atoms with Gasteiger partial charge in [-0.15, -0.1) is 0 Å². The van der Waals surface area contributed by atoms with Gasteiger partial charge < -0.3 is 48.1 Å². The Labute approximate surface area is 272 Å². The van der Waals surface area contributed by atoms with Gasteiger partial charge in [0, 0.05) is 26.1 Å². The van der Waals surface area contributed by atoms with Crippen LogP contribution in [0, 0.1) is 0 Å². The Morgan fingerprint density at radius 1 is 0.936 bits per heavy atom. The minimum atomic E-state index is -1.18. The highest BCUT2D eigenvalue weighted by atomic mass is 16.3. The van der Waals surface area contributed by atoms with Crippen LogP contribution in [-0.4, -0.2) is 102 Å². The molecule has 47 heavy (non-hydrogen) atoms. The first-order chi connectivity index (χ1) is 22.6. The number of guanidine groups is 1. The van der Waals surface area contributed by atoms with Crippen LogP contribution in [0.15, 0.2) is 59.6 Å². The van der Waals surface area contributed by atoms with Crippen molar-refractivity contribution in [2.75, 3.05) is 32.7 Å². The number of amides is 5. The molecule has 0 spiro atoms. The Balaban J connectivity index is 1.58. The number of phenols is 1. The highest BCUT2D eigenvalue weighted by molar-refractivity contribution is 5.95. The number of aliphatic imine (C=N–C) groups is 1. The molecule has 1 fully saturated rings. The smallest absolute Gasteiger partial charge is 0.244 e. The van der Waals surface area contributed by atoms with Gasteiger partial charge in [-0.1, -0.05) is 42.5 Å². The van der Waals surface area contributed by atoms with Gasteiger partial charge in [-0.05, 0) is 48.9 Å². The number of phenolic OH excluding ortho intramolecular Hbond substituents is 1. The number of primary amides is 1. The molecule has 0 radical (unpaired) electrons. The molecule has 252 valence electrons. The molecule has 2 aromatic rings. The third kappa shape index (κ3) is 10.7. The summed E-state index contributed by atoms with van der Waals surface area (Å²) < 4.78 is 0. The molecule has 4 rings (SSSR count). The summed E-state index contributed by atoms with van der Waals surface area (Å²) in [5.41, 5.74) is 13.3. The van der Waals surface area contributed by atoms with Crippen molar-refractivity contribution in [2.45, 2.75) is 56.3 Å². The van der Waals surface area contributed by atoms with Crippen LogP contribution in [0.5, 0.6) is 5.75 Å². The number of aromatic hydroxyl groups is 1. The zero-order chi connectivity index (χ0) is 33.8. The number of nitrogens with one attached hydrogen (secondary N) is 5. The minimum absolute atomic E-state index is 0.0776. The summed E-state index contributed by atoms with van der Waals surface area (Å²) in [5, 5.41) is 23.1. The molecule has 2 aliphatic rings. The van der Waals surface area contributed by atoms with Crippen molar-refractivity contribution in [3.05, 3.63) is 65.7 Å². The topological polar surface area (TPSA) is 233 Å². The lowest BCUT2D eigenvalue weighted by atomic mass is 10.0. The highest BCUT2D eigenvalue weighted by Gasteiger charge is 2.29. The maximum Gasteiger partial charge on any atom is 0.244 e. The number of likely N-dealkylation sites (tertiary alicyclic amines) is 1. The fourth-order valence-corrected chi connectivity index (χ4v) is 5.29. The normalized spacial score (nSPS) is 22.1. The molecule has 5 amide bonds. The standard InChI is InChI=1S/C32H43N9O6/c33-23(15-21-9-11-22(42)12-10-21)29(45)40-26-18-37-32(41-13-5-2-6-14-41)36-17-25(28(34)44)39-31(47)24(16-20-7-3-1-4-8-20)38-27(43)19-35-30(26)46/h1,3-4,7-12,23-26,42H,2,5-6,13-19,33H2,(H2,34,44)(H,35,46)(H,36,37)(H,38,43)(H,39,47)(H,40,45)/t23-,24-,25-,26+/m0/s1. The summed E-state index contributed by atoms with van der Waals surface area (Å²) in [6, 6.07) is 10.8. The molecule has 0 saturated carbocycles. The van der Waals surface area contributed by atoms with E-state index < -0.39 is 60.2 Å². The second kappa shape index (κ2) is 16.9. The van der Waals surface area contributed by atoms with Crippen molar-refractivity contribution in [1.29, 1.82) is 0 Å². The predicted octanol–water partition coefficient (Wildman–Crippen LogP) is -1.99. The predicted molar refractivity (Wildman–Crippen MR) is 174 cm³/mol. The summed E-state index contributed by atoms with van der Waals surface area (Å²) in [7, 11) is 0. The first kappa shape index (κ1) is 34.7. The molecule has 4 atom stereocenters. The van der Waals surface area contributed by atoms with Gasteiger partial charge in [0.15, 0.2) is 5.96 Å². The van der Waals surface area contributed by atoms with E-state index in [4.69, 9.17) is 11.5 Å². The maximum atomic E-state index is 13.4. The second-order valence-electron chi connectivity index (χ2n) is 11.6. The monoisotopic (exact) mass is 649 g/mol. The van der Waals surface area contributed by atoms with Crippen LogP contribution < -0.4 is 38.1 Å². The van der Waals surface area contributed by atoms with Crippen LogP contribution in [0.3, 0.4) is 0 Å². The van der Waals surface area contributed by atoms with Gasteiger partial charge >= 0.3 is 0 Å². The van der Waals surface area contributed by atoms with Crippen LogP contribution in [0.2, 0.25) is 0 Å². The first-order valence-electron chi connectivity index (χ1n) is 15.7. The van der Waals surface area contributed by atoms with E-state index in [0.717, 1.165) is 24.8 Å². The third-order valence-electron chi connectivity index (χ3n) is 7.92. The minimum Gasteiger partial charge on any atom is -0.508 e. The van der Waals surface area contributed by atoms with E-state index in [0.29, 0.717) is 24.6 Å². The molecule has 15 heteroatoms. The number of nitrogens with zero attached hydrogens (tertiary/aromatic N) is 2. The van der Waals surface area contributed by atoms with Gasteiger partial charge in [0.05, 0.1) is 19.1 Å². The van der Waals surface area contributed by atoms with Gasteiger partial charge in [-0.25, -0.2) is 0 Å². The van der Waals surface area contributed by atoms with Crippen LogP contribution in [0.4, 0.5) is 0 Å². The van der Waals surface area contributed by atoms with E-state index >= 15 is 0 Å². The van der Waals surface area contributed by atoms with E-state index in [-0.39, 0.29) is 31.7 Å². The van der Waals surface area contributed by atoms with Gasteiger partial charge in [-0.2, -0.15) is 0 Å². The Morgan fingerprint density at radius 2 is 1.64 bits per heavy atom. The fraction of sp³-hybridized carbons (Fsp3) is 0.438. The van der Waals surface area contributed by atoms with Gasteiger partial charge in [-0.3, -0.25) is 29.0 Å². The van der Waals surface area contributed by atoms with E-state index in [2.05, 4.69) is 31.6 Å². The fourth-order valence-electron chi connectivity index (χ4n) is 5.29. The summed E-state index contributed by atoms with van der Waals surface area (Å²) in [6.07, 6.45) is 3.10. The molecule has 0 unspecified atom stereocenters. The van der Waals surface area contributed by atoms with Crippen LogP contribution in [0.25, 0.3) is 0 Å². The SMILES string of the molecule is NC(=O)[C@@H]1CN=C(N2CCCCC2)NC[C@@H](NC(=O)[C@@H](N)Cc2ccc(O)cc2)C(=O)NCC(=O)N[C@@H](Cc2ccccc2)C(=O)N1. The average molecular weight is 650 g/mol. The van der Waals surface area contributed by atoms with Gasteiger partial charge in [0.1, 0.15) is 23.9 Å². The lowest BCUT2D eigenvalue weighted by molar-refractivity contribution is -0.132. The van der Waals surface area contributed by atoms with Crippen molar-refractivity contribution in [1.82, 2.24) is 31.5 Å². The van der Waals surface area contributed by atoms with E-state index in [1.165, 1.54) is 12.1 Å². The number of benzene rings is 2. The van der Waals surface area contributed by atoms with Crippen molar-refractivity contribution < 1.29 is 29.1 Å². The molecule has 2 heterocycles. The molecule has 2 aromatic carbocycles. The average Bonchev–Trinajstić information content (AvgIpc) is 3.07. The summed E-state index contributed by atoms with van der Waals surface area (Å²) >= 11 is 0. The molecular formula is C32H43N9O6. The van der Waals surface area contributed by atoms with Crippen molar-refractivity contribution in [3.8, 4) is 5.75 Å². The zero-order valence-electron chi connectivity index (χ0n) is 26.1. The highest BCUT2D eigenvalue weighted by Crippen LogP contribution is 2.12. The molecule has 1 saturated heterocycles. The third-order valence-corrected chi connectivity index (χ3v) is 7.92. The molecule has 10 N–H and O–H groups in total. The summed E-state index contributed by atoms with van der Waals surface area (Å²) in [4.78, 5) is 71.9. The molecule has 15 nitrogen and oxygen atoms in total. The number of piperidine rings is 1. The lowest BCUT2D eigenvalue weighted by Gasteiger charge is -2.31. The van der Waals surface area contributed by atoms with Crippen LogP contribution in [0.1, 0.15) is 30.4 Å². The molecule has 0 bridgehead atoms. The van der Waals surface area contributed by atoms with Crippen molar-refractivity contribution in [2.24, 2.45) is 16.5 Å². The molecular weight excluding hydrogens is 606 g/mol. The first-order valence-corrected chi connectivity index (χ1v) is 15.7. The van der Waals surface area contributed by atoms with Crippen LogP contribution >= 0.6 is 0 Å². The number of carbonyl (C=O) groups excluding carboxylic acids is 5. The van der Waals surface area contributed by atoms with E-state index in [1.807, 2.05) is 11.0 Å². The van der Waals surface area contributed by atoms with Gasteiger partial charge in [0.25, 0.3) is 0 Å².